The number of piperidine rings is 1. The van der Waals surface area contributed by atoms with Crippen LogP contribution in [0.25, 0.3) is 11.2 Å². The summed E-state index contributed by atoms with van der Waals surface area (Å²) >= 11 is 0. The third-order valence-corrected chi connectivity index (χ3v) is 8.05. The van der Waals surface area contributed by atoms with Gasteiger partial charge < -0.3 is 31.1 Å². The molecule has 0 radical (unpaired) electrons. The van der Waals surface area contributed by atoms with Crippen LogP contribution in [0.5, 0.6) is 0 Å². The first-order valence-corrected chi connectivity index (χ1v) is 14.3. The van der Waals surface area contributed by atoms with Crippen LogP contribution in [-0.2, 0) is 4.84 Å². The lowest BCUT2D eigenvalue weighted by atomic mass is 9.92. The number of amides is 1. The van der Waals surface area contributed by atoms with E-state index in [4.69, 9.17) is 25.5 Å². The van der Waals surface area contributed by atoms with E-state index in [0.29, 0.717) is 43.7 Å². The summed E-state index contributed by atoms with van der Waals surface area (Å²) in [5.41, 5.74) is 7.85. The molecule has 1 amide bonds. The minimum atomic E-state index is -0.366. The Morgan fingerprint density at radius 3 is 2.49 bits per heavy atom. The van der Waals surface area contributed by atoms with E-state index in [2.05, 4.69) is 27.4 Å². The molecule has 1 aliphatic heterocycles. The fraction of sp³-hybridized carbons (Fsp3) is 0.769. The molecule has 0 aromatic carbocycles. The van der Waals surface area contributed by atoms with E-state index < -0.39 is 0 Å². The topological polar surface area (TPSA) is 135 Å². The Morgan fingerprint density at radius 2 is 1.76 bits per heavy atom. The number of nitrogens with zero attached hydrogens (tertiary/aromatic N) is 5. The van der Waals surface area contributed by atoms with Gasteiger partial charge in [0.2, 0.25) is 5.95 Å². The number of carbonyl (C=O) groups excluding carboxylic acids is 1. The first kappa shape index (κ1) is 26.0. The Balaban J connectivity index is 1.26. The smallest absolute Gasteiger partial charge is 0.365 e. The number of unbranched alkanes of at least 4 members (excludes halogenated alkanes) is 1. The van der Waals surface area contributed by atoms with Crippen LogP contribution in [0.1, 0.15) is 90.0 Å². The molecule has 0 unspecified atom stereocenters. The maximum absolute atomic E-state index is 12.0. The lowest BCUT2D eigenvalue weighted by molar-refractivity contribution is -0.112. The highest BCUT2D eigenvalue weighted by Crippen LogP contribution is 2.34. The molecule has 0 atom stereocenters. The maximum Gasteiger partial charge on any atom is 0.426 e. The molecule has 5 rings (SSSR count). The Morgan fingerprint density at radius 1 is 1.03 bits per heavy atom. The van der Waals surface area contributed by atoms with Crippen LogP contribution in [0, 0.1) is 0 Å². The average Bonchev–Trinajstić information content (AvgIpc) is 3.57. The normalized spacial score (nSPS) is 23.8. The van der Waals surface area contributed by atoms with Crippen molar-refractivity contribution < 1.29 is 9.63 Å². The number of fused-ring (bicyclic) bond motifs is 1. The van der Waals surface area contributed by atoms with E-state index in [1.165, 1.54) is 25.7 Å². The van der Waals surface area contributed by atoms with Crippen molar-refractivity contribution in [2.24, 2.45) is 5.73 Å². The number of imidazole rings is 1. The first-order chi connectivity index (χ1) is 18.1. The number of hydrogen-bond acceptors (Lipinski definition) is 9. The van der Waals surface area contributed by atoms with Crippen LogP contribution >= 0.6 is 0 Å². The Bertz CT molecular complexity index is 1020. The van der Waals surface area contributed by atoms with Gasteiger partial charge in [0.15, 0.2) is 17.0 Å². The zero-order valence-electron chi connectivity index (χ0n) is 22.1. The molecular weight excluding hydrogens is 470 g/mol. The van der Waals surface area contributed by atoms with Crippen molar-refractivity contribution in [3.63, 3.8) is 0 Å². The van der Waals surface area contributed by atoms with Gasteiger partial charge in [0.1, 0.15) is 0 Å². The molecule has 3 fully saturated rings. The van der Waals surface area contributed by atoms with Crippen LogP contribution in [0.15, 0.2) is 6.33 Å². The van der Waals surface area contributed by atoms with Gasteiger partial charge >= 0.3 is 6.09 Å². The van der Waals surface area contributed by atoms with Gasteiger partial charge in [-0.2, -0.15) is 9.97 Å². The number of hydrogen-bond donors (Lipinski definition) is 4. The summed E-state index contributed by atoms with van der Waals surface area (Å²) in [6.07, 6.45) is 14.3. The predicted octanol–water partition coefficient (Wildman–Crippen LogP) is 3.94. The lowest BCUT2D eigenvalue weighted by Gasteiger charge is -2.31. The summed E-state index contributed by atoms with van der Waals surface area (Å²) < 4.78 is 2.25. The van der Waals surface area contributed by atoms with Gasteiger partial charge in [0.05, 0.1) is 6.33 Å². The molecule has 0 bridgehead atoms. The number of nitrogens with one attached hydrogen (secondary N) is 3. The molecule has 11 heteroatoms. The second-order valence-electron chi connectivity index (χ2n) is 10.9. The van der Waals surface area contributed by atoms with Gasteiger partial charge in [-0.15, -0.1) is 5.06 Å². The highest BCUT2D eigenvalue weighted by atomic mass is 16.7. The SMILES string of the molecule is CCCCNC(=O)ON1CCC(Nc2nc(N[C@H]3CC[C@H](N)CC3)nc3c2ncn3C2CCCC2)CC1. The molecule has 2 aromatic heterocycles. The van der Waals surface area contributed by atoms with Crippen molar-refractivity contribution in [2.45, 2.75) is 108 Å². The molecule has 5 N–H and O–H groups in total. The quantitative estimate of drug-likeness (QED) is 0.368. The van der Waals surface area contributed by atoms with Gasteiger partial charge in [-0.05, 0) is 57.8 Å². The number of anilines is 2. The average molecular weight is 514 g/mol. The highest BCUT2D eigenvalue weighted by Gasteiger charge is 2.26. The molecule has 2 saturated carbocycles. The Labute approximate surface area is 219 Å². The second kappa shape index (κ2) is 12.3. The summed E-state index contributed by atoms with van der Waals surface area (Å²) in [4.78, 5) is 32.1. The van der Waals surface area contributed by atoms with Gasteiger partial charge in [-0.25, -0.2) is 9.78 Å². The molecule has 1 saturated heterocycles. The number of rotatable bonds is 9. The monoisotopic (exact) mass is 513 g/mol. The molecule has 0 spiro atoms. The van der Waals surface area contributed by atoms with E-state index in [0.717, 1.165) is 68.3 Å². The predicted molar refractivity (Wildman–Crippen MR) is 144 cm³/mol. The molecule has 204 valence electrons. The van der Waals surface area contributed by atoms with Crippen LogP contribution in [0.3, 0.4) is 0 Å². The van der Waals surface area contributed by atoms with Crippen molar-refractivity contribution in [3.8, 4) is 0 Å². The number of aromatic nitrogens is 4. The highest BCUT2D eigenvalue weighted by molar-refractivity contribution is 5.84. The van der Waals surface area contributed by atoms with Crippen molar-refractivity contribution in [1.29, 1.82) is 0 Å². The summed E-state index contributed by atoms with van der Waals surface area (Å²) in [5, 5.41) is 11.8. The minimum absolute atomic E-state index is 0.221. The minimum Gasteiger partial charge on any atom is -0.365 e. The summed E-state index contributed by atoms with van der Waals surface area (Å²) in [5.74, 6) is 1.45. The van der Waals surface area contributed by atoms with Crippen molar-refractivity contribution in [1.82, 2.24) is 29.9 Å². The molecule has 3 heterocycles. The van der Waals surface area contributed by atoms with Crippen molar-refractivity contribution in [2.75, 3.05) is 30.3 Å². The third-order valence-electron chi connectivity index (χ3n) is 8.05. The molecule has 11 nitrogen and oxygen atoms in total. The van der Waals surface area contributed by atoms with E-state index in [-0.39, 0.29) is 12.1 Å². The van der Waals surface area contributed by atoms with Gasteiger partial charge in [-0.1, -0.05) is 26.2 Å². The zero-order valence-corrected chi connectivity index (χ0v) is 22.1. The van der Waals surface area contributed by atoms with Gasteiger partial charge in [-0.3, -0.25) is 0 Å². The molecule has 3 aliphatic rings. The standard InChI is InChI=1S/C26H43N9O2/c1-2-3-14-28-26(36)37-34-15-12-20(13-16-34)30-23-22-24(35(17-29-22)21-6-4-5-7-21)33-25(32-23)31-19-10-8-18(27)9-11-19/h17-21H,2-16,27H2,1H3,(H,28,36)(H2,30,31,32,33)/t18-,19-. The summed E-state index contributed by atoms with van der Waals surface area (Å²) in [6.45, 7) is 4.10. The van der Waals surface area contributed by atoms with E-state index in [9.17, 15) is 4.79 Å². The van der Waals surface area contributed by atoms with Crippen molar-refractivity contribution >= 4 is 29.0 Å². The Kier molecular flexibility index (Phi) is 8.60. The molecule has 2 aliphatic carbocycles. The summed E-state index contributed by atoms with van der Waals surface area (Å²) in [6, 6.07) is 1.33. The zero-order chi connectivity index (χ0) is 25.6. The first-order valence-electron chi connectivity index (χ1n) is 14.3. The van der Waals surface area contributed by atoms with Crippen LogP contribution in [-0.4, -0.2) is 68.4 Å². The molecule has 37 heavy (non-hydrogen) atoms. The van der Waals surface area contributed by atoms with Crippen LogP contribution in [0.4, 0.5) is 16.6 Å². The molecule has 2 aromatic rings. The van der Waals surface area contributed by atoms with Gasteiger partial charge in [0, 0.05) is 43.8 Å². The van der Waals surface area contributed by atoms with Crippen molar-refractivity contribution in [3.05, 3.63) is 6.33 Å². The van der Waals surface area contributed by atoms with E-state index in [1.54, 1.807) is 5.06 Å². The van der Waals surface area contributed by atoms with E-state index >= 15 is 0 Å². The van der Waals surface area contributed by atoms with Crippen LogP contribution < -0.4 is 21.7 Å². The maximum atomic E-state index is 12.0. The number of hydroxylamine groups is 2. The van der Waals surface area contributed by atoms with E-state index in [1.807, 2.05) is 6.33 Å². The fourth-order valence-corrected chi connectivity index (χ4v) is 5.78. The summed E-state index contributed by atoms with van der Waals surface area (Å²) in [7, 11) is 0. The third kappa shape index (κ3) is 6.62. The fourth-order valence-electron chi connectivity index (χ4n) is 5.78. The Hall–Kier alpha value is -2.66. The number of nitrogens with two attached hydrogens (primary N) is 1. The number of carbonyl (C=O) groups is 1. The lowest BCUT2D eigenvalue weighted by Crippen LogP contribution is -2.42. The molecular formula is C26H43N9O2. The second-order valence-corrected chi connectivity index (χ2v) is 10.9. The van der Waals surface area contributed by atoms with Gasteiger partial charge in [0.25, 0.3) is 0 Å². The largest absolute Gasteiger partial charge is 0.426 e. The van der Waals surface area contributed by atoms with Crippen LogP contribution in [0.2, 0.25) is 0 Å².